The van der Waals surface area contributed by atoms with Gasteiger partial charge in [-0.2, -0.15) is 10.1 Å². The maximum Gasteiger partial charge on any atom is 0.239 e. The summed E-state index contributed by atoms with van der Waals surface area (Å²) in [4.78, 5) is 4.22. The van der Waals surface area contributed by atoms with E-state index in [9.17, 15) is 8.60 Å². The average molecular weight is 348 g/mol. The molecule has 2 aromatic heterocycles. The first-order chi connectivity index (χ1) is 11.5. The van der Waals surface area contributed by atoms with Crippen LogP contribution < -0.4 is 0 Å². The summed E-state index contributed by atoms with van der Waals surface area (Å²) < 4.78 is 32.1. The molecular weight excluding hydrogens is 331 g/mol. The van der Waals surface area contributed by atoms with Crippen LogP contribution in [0.2, 0.25) is 0 Å². The molecule has 24 heavy (non-hydrogen) atoms. The minimum atomic E-state index is -1.22. The highest BCUT2D eigenvalue weighted by Gasteiger charge is 2.14. The van der Waals surface area contributed by atoms with Crippen LogP contribution >= 0.6 is 0 Å². The second kappa shape index (κ2) is 7.04. The topological polar surface area (TPSA) is 73.8 Å². The Bertz CT molecular complexity index is 859. The number of rotatable bonds is 6. The molecule has 0 fully saturated rings. The van der Waals surface area contributed by atoms with E-state index in [1.807, 2.05) is 13.8 Å². The van der Waals surface area contributed by atoms with Gasteiger partial charge in [-0.3, -0.25) is 4.21 Å². The summed E-state index contributed by atoms with van der Waals surface area (Å²) in [6.45, 7) is 3.93. The summed E-state index contributed by atoms with van der Waals surface area (Å²) in [6.07, 6.45) is 1.71. The fourth-order valence-electron chi connectivity index (χ4n) is 2.12. The van der Waals surface area contributed by atoms with Crippen LogP contribution in [0.25, 0.3) is 5.69 Å². The summed E-state index contributed by atoms with van der Waals surface area (Å²) >= 11 is 0. The number of benzene rings is 1. The van der Waals surface area contributed by atoms with Crippen molar-refractivity contribution >= 4 is 10.8 Å². The molecule has 3 rings (SSSR count). The Hall–Kier alpha value is -2.35. The number of hydrogen-bond donors (Lipinski definition) is 0. The first-order valence-electron chi connectivity index (χ1n) is 7.49. The molecule has 0 bridgehead atoms. The van der Waals surface area contributed by atoms with Crippen molar-refractivity contribution in [1.29, 1.82) is 0 Å². The first kappa shape index (κ1) is 16.5. The van der Waals surface area contributed by atoms with Crippen LogP contribution in [-0.2, 0) is 22.3 Å². The molecule has 2 heterocycles. The Morgan fingerprint density at radius 1 is 1.29 bits per heavy atom. The summed E-state index contributed by atoms with van der Waals surface area (Å²) in [5, 5.41) is 8.18. The van der Waals surface area contributed by atoms with E-state index in [1.165, 1.54) is 12.1 Å². The molecule has 0 spiro atoms. The predicted molar refractivity (Wildman–Crippen MR) is 87.5 cm³/mol. The van der Waals surface area contributed by atoms with Crippen molar-refractivity contribution in [2.24, 2.45) is 0 Å². The van der Waals surface area contributed by atoms with Crippen LogP contribution in [0.15, 0.2) is 41.1 Å². The molecule has 0 aliphatic carbocycles. The smallest absolute Gasteiger partial charge is 0.239 e. The van der Waals surface area contributed by atoms with Crippen LogP contribution in [0.1, 0.15) is 37.2 Å². The molecule has 1 aromatic carbocycles. The summed E-state index contributed by atoms with van der Waals surface area (Å²) in [6, 6.07) is 7.89. The summed E-state index contributed by atoms with van der Waals surface area (Å²) in [5.74, 6) is 1.26. The van der Waals surface area contributed by atoms with Crippen LogP contribution in [0.3, 0.4) is 0 Å². The van der Waals surface area contributed by atoms with Gasteiger partial charge in [0, 0.05) is 22.9 Å². The zero-order chi connectivity index (χ0) is 17.1. The first-order valence-corrected chi connectivity index (χ1v) is 8.98. The molecule has 0 saturated carbocycles. The average Bonchev–Trinajstić information content (AvgIpc) is 3.17. The van der Waals surface area contributed by atoms with E-state index in [4.69, 9.17) is 4.52 Å². The lowest BCUT2D eigenvalue weighted by Gasteiger charge is -2.01. The van der Waals surface area contributed by atoms with E-state index in [-0.39, 0.29) is 23.2 Å². The Morgan fingerprint density at radius 2 is 2.12 bits per heavy atom. The Labute approximate surface area is 141 Å². The van der Waals surface area contributed by atoms with Crippen LogP contribution in [0, 0.1) is 5.82 Å². The van der Waals surface area contributed by atoms with E-state index in [0.717, 1.165) is 0 Å². The van der Waals surface area contributed by atoms with Gasteiger partial charge in [-0.1, -0.05) is 25.1 Å². The maximum absolute atomic E-state index is 13.3. The molecule has 3 aromatic rings. The molecular formula is C16H17FN4O2S. The summed E-state index contributed by atoms with van der Waals surface area (Å²) in [5.41, 5.74) is 1.27. The highest BCUT2D eigenvalue weighted by molar-refractivity contribution is 7.83. The van der Waals surface area contributed by atoms with Gasteiger partial charge in [-0.25, -0.2) is 9.07 Å². The fraction of sp³-hybridized carbons (Fsp3) is 0.312. The molecule has 0 unspecified atom stereocenters. The van der Waals surface area contributed by atoms with Crippen molar-refractivity contribution < 1.29 is 13.1 Å². The van der Waals surface area contributed by atoms with Gasteiger partial charge in [0.15, 0.2) is 5.82 Å². The van der Waals surface area contributed by atoms with Crippen LogP contribution in [-0.4, -0.2) is 24.1 Å². The Balaban J connectivity index is 1.64. The van der Waals surface area contributed by atoms with Crippen molar-refractivity contribution in [3.05, 3.63) is 59.8 Å². The van der Waals surface area contributed by atoms with Gasteiger partial charge in [0.1, 0.15) is 11.6 Å². The molecule has 0 aliphatic heterocycles. The Morgan fingerprint density at radius 3 is 2.83 bits per heavy atom. The van der Waals surface area contributed by atoms with Gasteiger partial charge in [-0.15, -0.1) is 0 Å². The lowest BCUT2D eigenvalue weighted by molar-refractivity contribution is 0.382. The number of hydrogen-bond acceptors (Lipinski definition) is 5. The molecule has 0 radical (unpaired) electrons. The maximum atomic E-state index is 13.3. The van der Waals surface area contributed by atoms with Crippen molar-refractivity contribution in [2.75, 3.05) is 0 Å². The number of nitrogens with zero attached hydrogens (tertiary/aromatic N) is 4. The van der Waals surface area contributed by atoms with Gasteiger partial charge in [0.2, 0.25) is 5.89 Å². The lowest BCUT2D eigenvalue weighted by Crippen LogP contribution is -2.02. The zero-order valence-corrected chi connectivity index (χ0v) is 14.2. The van der Waals surface area contributed by atoms with Crippen LogP contribution in [0.4, 0.5) is 4.39 Å². The van der Waals surface area contributed by atoms with E-state index < -0.39 is 10.8 Å². The molecule has 8 heteroatoms. The van der Waals surface area contributed by atoms with Gasteiger partial charge in [0.05, 0.1) is 17.1 Å². The molecule has 0 amide bonds. The normalized spacial score (nSPS) is 12.7. The standard InChI is InChI=1S/C16H17FN4O2S/c1-11(2)16-18-15(23-20-16)10-24(22)9-13-6-7-21(19-13)14-5-3-4-12(17)8-14/h3-8,11H,9-10H2,1-2H3/t24-/m1/s1. The molecule has 126 valence electrons. The molecule has 6 nitrogen and oxygen atoms in total. The second-order valence-electron chi connectivity index (χ2n) is 5.66. The largest absolute Gasteiger partial charge is 0.338 e. The van der Waals surface area contributed by atoms with Gasteiger partial charge < -0.3 is 4.52 Å². The fourth-order valence-corrected chi connectivity index (χ4v) is 3.09. The Kier molecular flexibility index (Phi) is 4.84. The number of halogens is 1. The van der Waals surface area contributed by atoms with Crippen molar-refractivity contribution in [3.8, 4) is 5.69 Å². The minimum absolute atomic E-state index is 0.165. The third-order valence-corrected chi connectivity index (χ3v) is 4.50. The van der Waals surface area contributed by atoms with Crippen LogP contribution in [0.5, 0.6) is 0 Å². The van der Waals surface area contributed by atoms with Crippen molar-refractivity contribution in [2.45, 2.75) is 31.3 Å². The quantitative estimate of drug-likeness (QED) is 0.685. The highest BCUT2D eigenvalue weighted by atomic mass is 32.2. The second-order valence-corrected chi connectivity index (χ2v) is 7.12. The SMILES string of the molecule is CC(C)c1noc(C[S@](=O)Cc2ccn(-c3cccc(F)c3)n2)n1. The molecule has 1 atom stereocenters. The minimum Gasteiger partial charge on any atom is -0.338 e. The third kappa shape index (κ3) is 3.94. The van der Waals surface area contributed by atoms with E-state index in [0.29, 0.717) is 23.1 Å². The third-order valence-electron chi connectivity index (χ3n) is 3.31. The lowest BCUT2D eigenvalue weighted by atomic mass is 10.2. The number of aromatic nitrogens is 4. The van der Waals surface area contributed by atoms with E-state index >= 15 is 0 Å². The van der Waals surface area contributed by atoms with Gasteiger partial charge >= 0.3 is 0 Å². The molecule has 0 N–H and O–H groups in total. The van der Waals surface area contributed by atoms with Crippen molar-refractivity contribution in [3.63, 3.8) is 0 Å². The summed E-state index contributed by atoms with van der Waals surface area (Å²) in [7, 11) is -1.22. The highest BCUT2D eigenvalue weighted by Crippen LogP contribution is 2.13. The monoisotopic (exact) mass is 348 g/mol. The zero-order valence-electron chi connectivity index (χ0n) is 13.3. The van der Waals surface area contributed by atoms with Crippen molar-refractivity contribution in [1.82, 2.24) is 19.9 Å². The van der Waals surface area contributed by atoms with Gasteiger partial charge in [-0.05, 0) is 24.3 Å². The van der Waals surface area contributed by atoms with Gasteiger partial charge in [0.25, 0.3) is 0 Å². The molecule has 0 aliphatic rings. The van der Waals surface area contributed by atoms with E-state index in [1.54, 1.807) is 29.1 Å². The predicted octanol–water partition coefficient (Wildman–Crippen LogP) is 2.97. The molecule has 0 saturated heterocycles. The van der Waals surface area contributed by atoms with E-state index in [2.05, 4.69) is 15.2 Å².